The molecule has 1 saturated carbocycles. The molecule has 0 radical (unpaired) electrons. The third-order valence-electron chi connectivity index (χ3n) is 3.17. The van der Waals surface area contributed by atoms with Gasteiger partial charge >= 0.3 is 0 Å². The van der Waals surface area contributed by atoms with E-state index in [1.165, 1.54) is 11.8 Å². The lowest BCUT2D eigenvalue weighted by Gasteiger charge is -2.08. The first-order chi connectivity index (χ1) is 10.1. The van der Waals surface area contributed by atoms with Crippen molar-refractivity contribution in [1.82, 2.24) is 20.5 Å². The van der Waals surface area contributed by atoms with E-state index in [2.05, 4.69) is 36.4 Å². The molecule has 1 fully saturated rings. The van der Waals surface area contributed by atoms with Crippen LogP contribution in [0.2, 0.25) is 0 Å². The Hall–Kier alpha value is -1.34. The molecule has 21 heavy (non-hydrogen) atoms. The molecule has 1 aromatic heterocycles. The fourth-order valence-electron chi connectivity index (χ4n) is 1.83. The first kappa shape index (κ1) is 14.6. The molecule has 5 nitrogen and oxygen atoms in total. The first-order valence-corrected chi connectivity index (χ1v) is 8.45. The minimum absolute atomic E-state index is 0.0507. The lowest BCUT2D eigenvalue weighted by atomic mass is 10.2. The molecule has 1 aliphatic carbocycles. The fraction of sp³-hybridized carbons (Fsp3) is 0.357. The smallest absolute Gasteiger partial charge is 0.233 e. The zero-order chi connectivity index (χ0) is 14.8. The van der Waals surface area contributed by atoms with Crippen LogP contribution >= 0.6 is 27.7 Å². The summed E-state index contributed by atoms with van der Waals surface area (Å²) in [6, 6.07) is 8.19. The molecule has 0 bridgehead atoms. The Kier molecular flexibility index (Phi) is 4.30. The maximum atomic E-state index is 11.9. The molecular formula is C14H15BrN4OS. The normalized spacial score (nSPS) is 15.7. The third kappa shape index (κ3) is 3.65. The molecule has 3 rings (SSSR count). The van der Waals surface area contributed by atoms with Crippen molar-refractivity contribution in [2.75, 3.05) is 0 Å². The number of amides is 1. The second-order valence-corrected chi connectivity index (χ2v) is 7.15. The monoisotopic (exact) mass is 366 g/mol. The molecule has 1 amide bonds. The fourth-order valence-corrected chi connectivity index (χ4v) is 3.04. The number of H-pyrrole nitrogens is 1. The highest BCUT2D eigenvalue weighted by Gasteiger charge is 2.26. The van der Waals surface area contributed by atoms with Crippen molar-refractivity contribution in [2.45, 2.75) is 36.2 Å². The van der Waals surface area contributed by atoms with E-state index in [1.807, 2.05) is 31.2 Å². The van der Waals surface area contributed by atoms with Crippen molar-refractivity contribution < 1.29 is 4.79 Å². The second-order valence-electron chi connectivity index (χ2n) is 4.99. The topological polar surface area (TPSA) is 70.7 Å². The molecule has 0 aliphatic heterocycles. The van der Waals surface area contributed by atoms with Gasteiger partial charge in [0.2, 0.25) is 11.1 Å². The van der Waals surface area contributed by atoms with Gasteiger partial charge in [0, 0.05) is 16.1 Å². The quantitative estimate of drug-likeness (QED) is 0.797. The Morgan fingerprint density at radius 2 is 2.24 bits per heavy atom. The van der Waals surface area contributed by atoms with Gasteiger partial charge in [-0.2, -0.15) is 0 Å². The van der Waals surface area contributed by atoms with E-state index in [1.54, 1.807) is 0 Å². The van der Waals surface area contributed by atoms with E-state index in [0.29, 0.717) is 17.0 Å². The van der Waals surface area contributed by atoms with Gasteiger partial charge < -0.3 is 5.32 Å². The van der Waals surface area contributed by atoms with Crippen LogP contribution in [0, 0.1) is 0 Å². The van der Waals surface area contributed by atoms with E-state index in [-0.39, 0.29) is 11.2 Å². The minimum atomic E-state index is -0.200. The first-order valence-electron chi connectivity index (χ1n) is 6.78. The summed E-state index contributed by atoms with van der Waals surface area (Å²) in [4.78, 5) is 16.4. The number of aromatic nitrogens is 3. The van der Waals surface area contributed by atoms with Crippen LogP contribution < -0.4 is 5.32 Å². The lowest BCUT2D eigenvalue weighted by Crippen LogP contribution is -2.32. The summed E-state index contributed by atoms with van der Waals surface area (Å²) in [5, 5.41) is 10.5. The van der Waals surface area contributed by atoms with Crippen molar-refractivity contribution in [3.8, 4) is 11.4 Å². The van der Waals surface area contributed by atoms with Crippen LogP contribution in [0.15, 0.2) is 33.9 Å². The highest BCUT2D eigenvalue weighted by Crippen LogP contribution is 2.28. The minimum Gasteiger partial charge on any atom is -0.352 e. The van der Waals surface area contributed by atoms with Crippen LogP contribution in [-0.2, 0) is 4.79 Å². The van der Waals surface area contributed by atoms with Gasteiger partial charge in [0.05, 0.1) is 5.25 Å². The molecule has 110 valence electrons. The summed E-state index contributed by atoms with van der Waals surface area (Å²) >= 11 is 4.85. The maximum Gasteiger partial charge on any atom is 0.233 e. The van der Waals surface area contributed by atoms with Gasteiger partial charge in [0.15, 0.2) is 5.82 Å². The second kappa shape index (κ2) is 6.19. The van der Waals surface area contributed by atoms with Crippen LogP contribution in [0.5, 0.6) is 0 Å². The Bertz CT molecular complexity index is 656. The summed E-state index contributed by atoms with van der Waals surface area (Å²) in [5.41, 5.74) is 0.951. The number of rotatable bonds is 5. The lowest BCUT2D eigenvalue weighted by molar-refractivity contribution is -0.120. The summed E-state index contributed by atoms with van der Waals surface area (Å²) in [5.74, 6) is 0.745. The van der Waals surface area contributed by atoms with E-state index in [4.69, 9.17) is 0 Å². The number of halogens is 1. The molecule has 1 atom stereocenters. The average Bonchev–Trinajstić information content (AvgIpc) is 3.16. The molecular weight excluding hydrogens is 352 g/mol. The largest absolute Gasteiger partial charge is 0.352 e. The third-order valence-corrected chi connectivity index (χ3v) is 4.82. The number of nitrogens with one attached hydrogen (secondary N) is 2. The number of thioether (sulfide) groups is 1. The zero-order valence-corrected chi connectivity index (χ0v) is 13.9. The van der Waals surface area contributed by atoms with Crippen molar-refractivity contribution in [1.29, 1.82) is 0 Å². The van der Waals surface area contributed by atoms with Crippen molar-refractivity contribution in [2.24, 2.45) is 0 Å². The number of aromatic amines is 1. The van der Waals surface area contributed by atoms with Gasteiger partial charge in [-0.1, -0.05) is 45.9 Å². The summed E-state index contributed by atoms with van der Waals surface area (Å²) in [6.45, 7) is 1.87. The van der Waals surface area contributed by atoms with Crippen molar-refractivity contribution in [3.05, 3.63) is 28.7 Å². The number of nitrogens with zero attached hydrogens (tertiary/aromatic N) is 2. The molecule has 0 unspecified atom stereocenters. The predicted octanol–water partition coefficient (Wildman–Crippen LogP) is 2.99. The number of carbonyl (C=O) groups excluding carboxylic acids is 1. The Morgan fingerprint density at radius 1 is 1.48 bits per heavy atom. The number of carbonyl (C=O) groups is 1. The summed E-state index contributed by atoms with van der Waals surface area (Å²) in [6.07, 6.45) is 2.19. The molecule has 0 saturated heterocycles. The Labute approximate surface area is 135 Å². The zero-order valence-electron chi connectivity index (χ0n) is 11.5. The van der Waals surface area contributed by atoms with E-state index < -0.39 is 0 Å². The van der Waals surface area contributed by atoms with Crippen LogP contribution in [0.3, 0.4) is 0 Å². The van der Waals surface area contributed by atoms with Gasteiger partial charge in [-0.15, -0.1) is 5.10 Å². The predicted molar refractivity (Wildman–Crippen MR) is 86.0 cm³/mol. The molecule has 7 heteroatoms. The SMILES string of the molecule is C[C@H](Sc1n[nH]c(-c2ccccc2Br)n1)C(=O)NC1CC1. The average molecular weight is 367 g/mol. The van der Waals surface area contributed by atoms with Crippen LogP contribution in [0.4, 0.5) is 0 Å². The maximum absolute atomic E-state index is 11.9. The highest BCUT2D eigenvalue weighted by atomic mass is 79.9. The van der Waals surface area contributed by atoms with Gasteiger partial charge in [-0.25, -0.2) is 4.98 Å². The van der Waals surface area contributed by atoms with Crippen molar-refractivity contribution in [3.63, 3.8) is 0 Å². The Morgan fingerprint density at radius 3 is 2.95 bits per heavy atom. The standard InChI is InChI=1S/C14H15BrN4OS/c1-8(13(20)16-9-6-7-9)21-14-17-12(18-19-14)10-4-2-3-5-11(10)15/h2-5,8-9H,6-7H2,1H3,(H,16,20)(H,17,18,19)/t8-/m0/s1. The molecule has 0 spiro atoms. The Balaban J connectivity index is 1.67. The summed E-state index contributed by atoms with van der Waals surface area (Å²) < 4.78 is 0.956. The number of hydrogen-bond acceptors (Lipinski definition) is 4. The molecule has 2 aromatic rings. The van der Waals surface area contributed by atoms with E-state index in [9.17, 15) is 4.79 Å². The highest BCUT2D eigenvalue weighted by molar-refractivity contribution is 9.10. The summed E-state index contributed by atoms with van der Waals surface area (Å²) in [7, 11) is 0. The van der Waals surface area contributed by atoms with Gasteiger partial charge in [-0.05, 0) is 25.8 Å². The van der Waals surface area contributed by atoms with Crippen LogP contribution in [0.1, 0.15) is 19.8 Å². The van der Waals surface area contributed by atoms with Gasteiger partial charge in [0.25, 0.3) is 0 Å². The van der Waals surface area contributed by atoms with Crippen LogP contribution in [0.25, 0.3) is 11.4 Å². The molecule has 2 N–H and O–H groups in total. The number of benzene rings is 1. The van der Waals surface area contributed by atoms with Gasteiger partial charge in [0.1, 0.15) is 0 Å². The van der Waals surface area contributed by atoms with Crippen molar-refractivity contribution >= 4 is 33.6 Å². The number of hydrogen-bond donors (Lipinski definition) is 2. The van der Waals surface area contributed by atoms with E-state index >= 15 is 0 Å². The van der Waals surface area contributed by atoms with E-state index in [0.717, 1.165) is 22.9 Å². The van der Waals surface area contributed by atoms with Crippen LogP contribution in [-0.4, -0.2) is 32.4 Å². The molecule has 1 aliphatic rings. The molecule has 1 aromatic carbocycles. The molecule has 1 heterocycles. The van der Waals surface area contributed by atoms with Gasteiger partial charge in [-0.3, -0.25) is 9.89 Å².